The fourth-order valence-corrected chi connectivity index (χ4v) is 15.4. The van der Waals surface area contributed by atoms with Crippen LogP contribution in [0, 0.1) is 0 Å². The Morgan fingerprint density at radius 3 is 1.63 bits per heavy atom. The highest BCUT2D eigenvalue weighted by atomic mass is 32.3. The van der Waals surface area contributed by atoms with Crippen LogP contribution in [0.1, 0.15) is 25.7 Å². The van der Waals surface area contributed by atoms with Crippen molar-refractivity contribution in [2.24, 2.45) is 0 Å². The summed E-state index contributed by atoms with van der Waals surface area (Å²) >= 11 is 15.6. The molecule has 0 radical (unpaired) electrons. The molecule has 3 aliphatic heterocycles. The first-order valence-corrected chi connectivity index (χ1v) is 22.1. The summed E-state index contributed by atoms with van der Waals surface area (Å²) in [5.74, 6) is 3.08. The van der Waals surface area contributed by atoms with Crippen molar-refractivity contribution in [2.45, 2.75) is 32.2 Å². The molecule has 0 saturated carbocycles. The van der Waals surface area contributed by atoms with E-state index in [-0.39, 0.29) is 0 Å². The molecule has 0 amide bonds. The molecule has 4 bridgehead atoms. The van der Waals surface area contributed by atoms with Crippen LogP contribution in [-0.2, 0) is 30.2 Å². The van der Waals surface area contributed by atoms with E-state index in [1.54, 1.807) is 0 Å². The molecule has 4 heterocycles. The summed E-state index contributed by atoms with van der Waals surface area (Å²) in [6.45, 7) is 7.31. The minimum absolute atomic E-state index is 0.576. The molecule has 0 N–H and O–H groups in total. The lowest BCUT2D eigenvalue weighted by Crippen LogP contribution is -2.13. The number of hydrogen-bond donors (Lipinski definition) is 0. The maximum Gasteiger partial charge on any atom is 0.0717 e. The van der Waals surface area contributed by atoms with Crippen molar-refractivity contribution in [2.75, 3.05) is 89.6 Å². The molecular formula is C29H43NO5S8. The number of aryl methyl sites for hydroxylation is 1. The lowest BCUT2D eigenvalue weighted by molar-refractivity contribution is -0.00902. The van der Waals surface area contributed by atoms with Gasteiger partial charge in [-0.25, -0.2) is 0 Å². The van der Waals surface area contributed by atoms with E-state index in [9.17, 15) is 0 Å². The van der Waals surface area contributed by atoms with Gasteiger partial charge in [0.15, 0.2) is 0 Å². The van der Waals surface area contributed by atoms with E-state index in [4.69, 9.17) is 23.7 Å². The van der Waals surface area contributed by atoms with Crippen LogP contribution in [0.3, 0.4) is 0 Å². The van der Waals surface area contributed by atoms with E-state index < -0.39 is 0 Å². The van der Waals surface area contributed by atoms with Crippen molar-refractivity contribution < 1.29 is 23.7 Å². The zero-order valence-electron chi connectivity index (χ0n) is 24.8. The molecule has 0 saturated heterocycles. The number of fused-ring (bicyclic) bond motifs is 4. The Balaban J connectivity index is 1.27. The third kappa shape index (κ3) is 14.8. The largest absolute Gasteiger partial charge is 0.378 e. The second-order valence-corrected chi connectivity index (χ2v) is 19.0. The number of rotatable bonds is 9. The second kappa shape index (κ2) is 23.4. The summed E-state index contributed by atoms with van der Waals surface area (Å²) in [4.78, 5) is 0. The second-order valence-electron chi connectivity index (χ2n) is 9.28. The molecule has 4 rings (SSSR count). The first kappa shape index (κ1) is 36.9. The van der Waals surface area contributed by atoms with E-state index >= 15 is 0 Å². The van der Waals surface area contributed by atoms with Crippen molar-refractivity contribution in [3.63, 3.8) is 0 Å². The van der Waals surface area contributed by atoms with Crippen molar-refractivity contribution in [1.82, 2.24) is 4.57 Å². The summed E-state index contributed by atoms with van der Waals surface area (Å²) in [5, 5.41) is 0. The maximum atomic E-state index is 5.87. The first-order valence-electron chi connectivity index (χ1n) is 14.7. The van der Waals surface area contributed by atoms with Gasteiger partial charge in [-0.2, -0.15) is 0 Å². The quantitative estimate of drug-likeness (QED) is 0.227. The van der Waals surface area contributed by atoms with Crippen LogP contribution < -0.4 is 0 Å². The van der Waals surface area contributed by atoms with Gasteiger partial charge in [0, 0.05) is 30.4 Å². The average Bonchev–Trinajstić information content (AvgIpc) is 3.78. The number of thioether (sulfide) groups is 8. The SMILES string of the molecule is CSC1=C2SCCOCCOCCOCCOCCOCCSC3=C(SCCCCCCn4cccc4)SC(=C(S1)S2)S3. The van der Waals surface area contributed by atoms with Crippen molar-refractivity contribution >= 4 is 94.1 Å². The molecule has 43 heavy (non-hydrogen) atoms. The molecule has 1 aromatic heterocycles. The fourth-order valence-electron chi connectivity index (χ4n) is 3.90. The molecule has 0 unspecified atom stereocenters. The molecule has 0 spiro atoms. The van der Waals surface area contributed by atoms with Crippen LogP contribution in [0.25, 0.3) is 0 Å². The number of hydrogen-bond acceptors (Lipinski definition) is 13. The van der Waals surface area contributed by atoms with Gasteiger partial charge in [-0.1, -0.05) is 59.9 Å². The summed E-state index contributed by atoms with van der Waals surface area (Å²) in [5.41, 5.74) is 0. The Morgan fingerprint density at radius 2 is 1.07 bits per heavy atom. The van der Waals surface area contributed by atoms with Gasteiger partial charge in [0.2, 0.25) is 0 Å². The maximum absolute atomic E-state index is 5.87. The van der Waals surface area contributed by atoms with E-state index in [2.05, 4.69) is 35.3 Å². The van der Waals surface area contributed by atoms with Crippen LogP contribution >= 0.6 is 94.1 Å². The lowest BCUT2D eigenvalue weighted by Gasteiger charge is -2.08. The van der Waals surface area contributed by atoms with E-state index in [1.165, 1.54) is 56.9 Å². The summed E-state index contributed by atoms with van der Waals surface area (Å²) < 4.78 is 39.4. The number of nitrogens with zero attached hydrogens (tertiary/aromatic N) is 1. The van der Waals surface area contributed by atoms with Gasteiger partial charge in [0.25, 0.3) is 0 Å². The fraction of sp³-hybridized carbons (Fsp3) is 0.655. The average molecular weight is 742 g/mol. The molecule has 3 aliphatic rings. The van der Waals surface area contributed by atoms with Crippen LogP contribution in [0.5, 0.6) is 0 Å². The highest BCUT2D eigenvalue weighted by Crippen LogP contribution is 2.65. The molecule has 1 aromatic rings. The minimum Gasteiger partial charge on any atom is -0.378 e. The summed E-state index contributed by atoms with van der Waals surface area (Å²) in [6.07, 6.45) is 11.6. The Bertz CT molecular complexity index is 1020. The topological polar surface area (TPSA) is 51.1 Å². The van der Waals surface area contributed by atoms with E-state index in [0.717, 1.165) is 31.3 Å². The molecule has 0 fully saturated rings. The van der Waals surface area contributed by atoms with Crippen molar-refractivity contribution in [3.05, 3.63) is 49.9 Å². The predicted octanol–water partition coefficient (Wildman–Crippen LogP) is 9.05. The van der Waals surface area contributed by atoms with Gasteiger partial charge in [0.1, 0.15) is 0 Å². The molecule has 0 aliphatic carbocycles. The van der Waals surface area contributed by atoms with Gasteiger partial charge in [-0.05, 0) is 37.0 Å². The van der Waals surface area contributed by atoms with Gasteiger partial charge in [-0.3, -0.25) is 0 Å². The Morgan fingerprint density at radius 1 is 0.581 bits per heavy atom. The van der Waals surface area contributed by atoms with Gasteiger partial charge < -0.3 is 28.3 Å². The van der Waals surface area contributed by atoms with Gasteiger partial charge in [-0.15, -0.1) is 47.0 Å². The highest BCUT2D eigenvalue weighted by Gasteiger charge is 2.30. The van der Waals surface area contributed by atoms with E-state index in [1.807, 2.05) is 94.1 Å². The third-order valence-electron chi connectivity index (χ3n) is 6.05. The zero-order chi connectivity index (χ0) is 29.8. The minimum atomic E-state index is 0.576. The molecule has 14 heteroatoms. The zero-order valence-corrected chi connectivity index (χ0v) is 31.3. The molecule has 242 valence electrons. The monoisotopic (exact) mass is 741 g/mol. The van der Waals surface area contributed by atoms with Crippen molar-refractivity contribution in [1.29, 1.82) is 0 Å². The third-order valence-corrected chi connectivity index (χ3v) is 17.5. The molecule has 0 atom stereocenters. The normalized spacial score (nSPS) is 21.3. The lowest BCUT2D eigenvalue weighted by atomic mass is 10.2. The Hall–Kier alpha value is 1.10. The number of unbranched alkanes of at least 4 members (excludes halogenated alkanes) is 3. The standard InChI is InChI=1S/C29H43NO5S8/c1-36-24-25-38-22-19-34-17-15-32-13-11-31-12-14-33-16-18-35-20-23-39-27-26(42-29(43-27)28(40-24)41-25)37-21-7-3-2-4-8-30-9-5-6-10-30/h5-6,9-10H,2-4,7-8,11-23H2,1H3. The van der Waals surface area contributed by atoms with Crippen LogP contribution in [0.15, 0.2) is 49.9 Å². The summed E-state index contributed by atoms with van der Waals surface area (Å²) in [7, 11) is 0. The van der Waals surface area contributed by atoms with E-state index in [0.29, 0.717) is 52.9 Å². The smallest absolute Gasteiger partial charge is 0.0717 e. The van der Waals surface area contributed by atoms with Gasteiger partial charge in [0.05, 0.1) is 91.5 Å². The molecular weight excluding hydrogens is 699 g/mol. The van der Waals surface area contributed by atoms with Crippen LogP contribution in [0.4, 0.5) is 0 Å². The predicted molar refractivity (Wildman–Crippen MR) is 199 cm³/mol. The number of aromatic nitrogens is 1. The van der Waals surface area contributed by atoms with Crippen LogP contribution in [0.2, 0.25) is 0 Å². The van der Waals surface area contributed by atoms with Crippen molar-refractivity contribution in [3.8, 4) is 0 Å². The Kier molecular flexibility index (Phi) is 20.1. The highest BCUT2D eigenvalue weighted by molar-refractivity contribution is 8.45. The summed E-state index contributed by atoms with van der Waals surface area (Å²) in [6, 6.07) is 4.21. The molecule has 6 nitrogen and oxygen atoms in total. The van der Waals surface area contributed by atoms with Gasteiger partial charge >= 0.3 is 0 Å². The Labute approximate surface area is 291 Å². The molecule has 0 aromatic carbocycles. The first-order chi connectivity index (χ1) is 21.3. The van der Waals surface area contributed by atoms with Crippen LogP contribution in [-0.4, -0.2) is 94.2 Å². The number of ether oxygens (including phenoxy) is 5.